The van der Waals surface area contributed by atoms with E-state index in [1.54, 1.807) is 0 Å². The number of aromatic amines is 1. The second-order valence-electron chi connectivity index (χ2n) is 6.08. The van der Waals surface area contributed by atoms with Crippen molar-refractivity contribution >= 4 is 11.9 Å². The molecule has 0 aliphatic heterocycles. The van der Waals surface area contributed by atoms with E-state index in [-0.39, 0.29) is 11.6 Å². The van der Waals surface area contributed by atoms with Crippen molar-refractivity contribution in [3.05, 3.63) is 17.7 Å². The first-order chi connectivity index (χ1) is 9.31. The van der Waals surface area contributed by atoms with Crippen LogP contribution in [0.15, 0.2) is 6.20 Å². The molecular formula is C14H21N3O3. The predicted octanol–water partition coefficient (Wildman–Crippen LogP) is 2.04. The minimum Gasteiger partial charge on any atom is -0.477 e. The number of imidazole rings is 1. The van der Waals surface area contributed by atoms with E-state index in [4.69, 9.17) is 5.11 Å². The molecule has 1 saturated carbocycles. The van der Waals surface area contributed by atoms with Crippen molar-refractivity contribution in [2.75, 3.05) is 0 Å². The SMILES string of the molecule is CCC(C)(C)C(=O)NC1(c2ncc(C(=O)O)[nH]2)CCC1. The lowest BCUT2D eigenvalue weighted by Crippen LogP contribution is -2.54. The summed E-state index contributed by atoms with van der Waals surface area (Å²) in [5, 5.41) is 12.0. The molecule has 6 heteroatoms. The Morgan fingerprint density at radius 2 is 2.15 bits per heavy atom. The molecule has 0 radical (unpaired) electrons. The molecule has 0 unspecified atom stereocenters. The summed E-state index contributed by atoms with van der Waals surface area (Å²) in [7, 11) is 0. The zero-order valence-corrected chi connectivity index (χ0v) is 12.1. The third kappa shape index (κ3) is 2.42. The van der Waals surface area contributed by atoms with Crippen LogP contribution in [0.2, 0.25) is 0 Å². The lowest BCUT2D eigenvalue weighted by Gasteiger charge is -2.42. The van der Waals surface area contributed by atoms with Crippen LogP contribution >= 0.6 is 0 Å². The van der Waals surface area contributed by atoms with Gasteiger partial charge < -0.3 is 15.4 Å². The highest BCUT2D eigenvalue weighted by Crippen LogP contribution is 2.40. The van der Waals surface area contributed by atoms with Crippen LogP contribution in [0.5, 0.6) is 0 Å². The van der Waals surface area contributed by atoms with Crippen molar-refractivity contribution in [2.45, 2.75) is 52.0 Å². The van der Waals surface area contributed by atoms with Gasteiger partial charge >= 0.3 is 5.97 Å². The monoisotopic (exact) mass is 279 g/mol. The molecule has 0 atom stereocenters. The molecule has 110 valence electrons. The van der Waals surface area contributed by atoms with E-state index < -0.39 is 16.9 Å². The highest BCUT2D eigenvalue weighted by atomic mass is 16.4. The average Bonchev–Trinajstić information content (AvgIpc) is 2.83. The number of carboxylic acids is 1. The van der Waals surface area contributed by atoms with Gasteiger partial charge in [0.25, 0.3) is 0 Å². The molecule has 1 aliphatic rings. The Hall–Kier alpha value is -1.85. The molecule has 1 aromatic rings. The normalized spacial score (nSPS) is 17.4. The minimum atomic E-state index is -1.04. The largest absolute Gasteiger partial charge is 0.477 e. The molecule has 1 aromatic heterocycles. The van der Waals surface area contributed by atoms with Crippen molar-refractivity contribution in [3.8, 4) is 0 Å². The second-order valence-corrected chi connectivity index (χ2v) is 6.08. The summed E-state index contributed by atoms with van der Waals surface area (Å²) in [5.74, 6) is -0.521. The molecule has 0 spiro atoms. The number of hydrogen-bond donors (Lipinski definition) is 3. The highest BCUT2D eigenvalue weighted by molar-refractivity contribution is 5.85. The topological polar surface area (TPSA) is 95.1 Å². The maximum Gasteiger partial charge on any atom is 0.353 e. The lowest BCUT2D eigenvalue weighted by molar-refractivity contribution is -0.133. The molecule has 2 rings (SSSR count). The van der Waals surface area contributed by atoms with Crippen LogP contribution in [-0.2, 0) is 10.3 Å². The number of nitrogens with one attached hydrogen (secondary N) is 2. The van der Waals surface area contributed by atoms with Crippen LogP contribution in [-0.4, -0.2) is 27.0 Å². The number of carbonyl (C=O) groups excluding carboxylic acids is 1. The van der Waals surface area contributed by atoms with E-state index in [9.17, 15) is 9.59 Å². The summed E-state index contributed by atoms with van der Waals surface area (Å²) in [6, 6.07) is 0. The Balaban J connectivity index is 2.21. The van der Waals surface area contributed by atoms with Gasteiger partial charge in [-0.1, -0.05) is 20.8 Å². The lowest BCUT2D eigenvalue weighted by atomic mass is 9.75. The van der Waals surface area contributed by atoms with Crippen LogP contribution in [0.3, 0.4) is 0 Å². The molecule has 1 fully saturated rings. The fourth-order valence-electron chi connectivity index (χ4n) is 2.17. The molecule has 1 aliphatic carbocycles. The number of carbonyl (C=O) groups is 2. The Labute approximate surface area is 118 Å². The quantitative estimate of drug-likeness (QED) is 0.768. The first kappa shape index (κ1) is 14.6. The standard InChI is InChI=1S/C14H21N3O3/c1-4-13(2,3)12(20)17-14(6-5-7-14)11-15-8-9(16-11)10(18)19/h8H,4-7H2,1-3H3,(H,15,16)(H,17,20)(H,18,19). The van der Waals surface area contributed by atoms with E-state index in [1.165, 1.54) is 6.20 Å². The number of carboxylic acid groups (broad SMARTS) is 1. The van der Waals surface area contributed by atoms with Crippen molar-refractivity contribution < 1.29 is 14.7 Å². The minimum absolute atomic E-state index is 0.0204. The zero-order chi connectivity index (χ0) is 15.0. The number of rotatable bonds is 5. The number of nitrogens with zero attached hydrogens (tertiary/aromatic N) is 1. The van der Waals surface area contributed by atoms with Gasteiger partial charge in [0.15, 0.2) is 0 Å². The van der Waals surface area contributed by atoms with Gasteiger partial charge in [-0.15, -0.1) is 0 Å². The van der Waals surface area contributed by atoms with E-state index in [0.29, 0.717) is 5.82 Å². The van der Waals surface area contributed by atoms with Gasteiger partial charge in [0, 0.05) is 5.41 Å². The summed E-state index contributed by atoms with van der Waals surface area (Å²) >= 11 is 0. The Bertz CT molecular complexity index is 530. The Morgan fingerprint density at radius 1 is 1.50 bits per heavy atom. The number of hydrogen-bond acceptors (Lipinski definition) is 3. The third-order valence-electron chi connectivity index (χ3n) is 4.32. The Kier molecular flexibility index (Phi) is 3.58. The fraction of sp³-hybridized carbons (Fsp3) is 0.643. The van der Waals surface area contributed by atoms with Crippen molar-refractivity contribution in [3.63, 3.8) is 0 Å². The summed E-state index contributed by atoms with van der Waals surface area (Å²) in [4.78, 5) is 30.2. The van der Waals surface area contributed by atoms with Gasteiger partial charge in [0.1, 0.15) is 11.5 Å². The number of aromatic carboxylic acids is 1. The molecule has 0 saturated heterocycles. The summed E-state index contributed by atoms with van der Waals surface area (Å²) < 4.78 is 0. The number of aromatic nitrogens is 2. The van der Waals surface area contributed by atoms with Gasteiger partial charge in [0.05, 0.1) is 11.7 Å². The van der Waals surface area contributed by atoms with Gasteiger partial charge in [0.2, 0.25) is 5.91 Å². The van der Waals surface area contributed by atoms with Crippen LogP contribution in [0.1, 0.15) is 62.8 Å². The van der Waals surface area contributed by atoms with E-state index in [0.717, 1.165) is 25.7 Å². The van der Waals surface area contributed by atoms with Crippen molar-refractivity contribution in [1.29, 1.82) is 0 Å². The molecule has 1 heterocycles. The van der Waals surface area contributed by atoms with Crippen molar-refractivity contribution in [2.24, 2.45) is 5.41 Å². The number of H-pyrrole nitrogens is 1. The van der Waals surface area contributed by atoms with Gasteiger partial charge in [-0.3, -0.25) is 4.79 Å². The Morgan fingerprint density at radius 3 is 2.55 bits per heavy atom. The van der Waals surface area contributed by atoms with Gasteiger partial charge in [-0.2, -0.15) is 0 Å². The van der Waals surface area contributed by atoms with Crippen molar-refractivity contribution in [1.82, 2.24) is 15.3 Å². The smallest absolute Gasteiger partial charge is 0.353 e. The van der Waals surface area contributed by atoms with E-state index in [1.807, 2.05) is 20.8 Å². The molecule has 0 bridgehead atoms. The van der Waals surface area contributed by atoms with Crippen LogP contribution < -0.4 is 5.32 Å². The maximum atomic E-state index is 12.3. The first-order valence-corrected chi connectivity index (χ1v) is 6.92. The molecule has 0 aromatic carbocycles. The van der Waals surface area contributed by atoms with E-state index in [2.05, 4.69) is 15.3 Å². The highest BCUT2D eigenvalue weighted by Gasteiger charge is 2.44. The fourth-order valence-corrected chi connectivity index (χ4v) is 2.17. The van der Waals surface area contributed by atoms with Gasteiger partial charge in [-0.25, -0.2) is 9.78 Å². The first-order valence-electron chi connectivity index (χ1n) is 6.92. The molecule has 3 N–H and O–H groups in total. The zero-order valence-electron chi connectivity index (χ0n) is 12.1. The van der Waals surface area contributed by atoms with Crippen LogP contribution in [0, 0.1) is 5.41 Å². The average molecular weight is 279 g/mol. The number of amides is 1. The molecular weight excluding hydrogens is 258 g/mol. The molecule has 6 nitrogen and oxygen atoms in total. The molecule has 1 amide bonds. The third-order valence-corrected chi connectivity index (χ3v) is 4.32. The summed E-state index contributed by atoms with van der Waals surface area (Å²) in [6.45, 7) is 5.78. The molecule has 20 heavy (non-hydrogen) atoms. The van der Waals surface area contributed by atoms with Gasteiger partial charge in [-0.05, 0) is 25.7 Å². The summed E-state index contributed by atoms with van der Waals surface area (Å²) in [6.07, 6.45) is 4.61. The predicted molar refractivity (Wildman–Crippen MR) is 73.3 cm³/mol. The van der Waals surface area contributed by atoms with Crippen LogP contribution in [0.25, 0.3) is 0 Å². The maximum absolute atomic E-state index is 12.3. The van der Waals surface area contributed by atoms with E-state index >= 15 is 0 Å². The van der Waals surface area contributed by atoms with Crippen LogP contribution in [0.4, 0.5) is 0 Å². The second kappa shape index (κ2) is 4.92. The summed E-state index contributed by atoms with van der Waals surface area (Å²) in [5.41, 5.74) is -0.919.